The number of hydrogen-bond donors (Lipinski definition) is 3. The largest absolute Gasteiger partial charge is 0.481 e. The Bertz CT molecular complexity index is 469. The molecule has 15 heavy (non-hydrogen) atoms. The lowest BCUT2D eigenvalue weighted by atomic mass is 10.1. The Morgan fingerprint density at radius 3 is 2.67 bits per heavy atom. The molecule has 0 aromatic heterocycles. The first-order valence-corrected chi connectivity index (χ1v) is 5.53. The number of aliphatic carboxylic acids is 1. The predicted octanol–water partition coefficient (Wildman–Crippen LogP) is -0.0709. The average molecular weight is 230 g/mol. The standard InChI is InChI=1S/C8H10N2O4S/c9-15(13,14)10-7-3-1-2-6(4-7)5-8(11)12/h1-4,10H,5H2,(H,11,12)(H2,9,13,14). The van der Waals surface area contributed by atoms with Crippen LogP contribution in [0.1, 0.15) is 5.56 Å². The summed E-state index contributed by atoms with van der Waals surface area (Å²) in [6.45, 7) is 0. The smallest absolute Gasteiger partial charge is 0.307 e. The summed E-state index contributed by atoms with van der Waals surface area (Å²) in [6.07, 6.45) is -0.167. The first kappa shape index (κ1) is 11.5. The van der Waals surface area contributed by atoms with E-state index in [1.807, 2.05) is 0 Å². The molecule has 0 unspecified atom stereocenters. The van der Waals surface area contributed by atoms with Gasteiger partial charge in [-0.25, -0.2) is 5.14 Å². The number of nitrogens with two attached hydrogens (primary N) is 1. The minimum atomic E-state index is -3.82. The summed E-state index contributed by atoms with van der Waals surface area (Å²) in [5.41, 5.74) is 0.743. The van der Waals surface area contributed by atoms with Crippen molar-refractivity contribution in [2.45, 2.75) is 6.42 Å². The number of anilines is 1. The van der Waals surface area contributed by atoms with Crippen LogP contribution in [0, 0.1) is 0 Å². The Kier molecular flexibility index (Phi) is 3.28. The molecule has 0 bridgehead atoms. The molecule has 0 fully saturated rings. The number of carbonyl (C=O) groups is 1. The van der Waals surface area contributed by atoms with Gasteiger partial charge < -0.3 is 5.11 Å². The zero-order valence-corrected chi connectivity index (χ0v) is 8.49. The van der Waals surface area contributed by atoms with E-state index in [1.54, 1.807) is 12.1 Å². The van der Waals surface area contributed by atoms with Gasteiger partial charge >= 0.3 is 5.97 Å². The van der Waals surface area contributed by atoms with Crippen molar-refractivity contribution in [3.8, 4) is 0 Å². The monoisotopic (exact) mass is 230 g/mol. The van der Waals surface area contributed by atoms with Crippen molar-refractivity contribution in [2.24, 2.45) is 5.14 Å². The third-order valence-electron chi connectivity index (χ3n) is 1.54. The summed E-state index contributed by atoms with van der Waals surface area (Å²) in [5, 5.41) is 13.3. The van der Waals surface area contributed by atoms with E-state index in [4.69, 9.17) is 10.2 Å². The molecule has 7 heteroatoms. The molecule has 6 nitrogen and oxygen atoms in total. The van der Waals surface area contributed by atoms with Crippen molar-refractivity contribution in [1.82, 2.24) is 0 Å². The minimum Gasteiger partial charge on any atom is -0.481 e. The third kappa shape index (κ3) is 4.43. The summed E-state index contributed by atoms with van der Waals surface area (Å²) in [5.74, 6) is -0.984. The van der Waals surface area contributed by atoms with E-state index in [1.165, 1.54) is 12.1 Å². The van der Waals surface area contributed by atoms with Gasteiger partial charge in [0.2, 0.25) is 0 Å². The fraction of sp³-hybridized carbons (Fsp3) is 0.125. The van der Waals surface area contributed by atoms with Gasteiger partial charge in [-0.15, -0.1) is 0 Å². The molecular formula is C8H10N2O4S. The van der Waals surface area contributed by atoms with Crippen LogP contribution in [0.15, 0.2) is 24.3 Å². The molecule has 1 rings (SSSR count). The number of benzene rings is 1. The van der Waals surface area contributed by atoms with Crippen molar-refractivity contribution < 1.29 is 18.3 Å². The maximum absolute atomic E-state index is 10.7. The fourth-order valence-corrected chi connectivity index (χ4v) is 1.54. The van der Waals surface area contributed by atoms with Crippen LogP contribution in [0.25, 0.3) is 0 Å². The Labute approximate surface area is 86.9 Å². The molecule has 82 valence electrons. The Morgan fingerprint density at radius 2 is 2.13 bits per heavy atom. The number of nitrogens with one attached hydrogen (secondary N) is 1. The van der Waals surface area contributed by atoms with Crippen LogP contribution >= 0.6 is 0 Å². The van der Waals surface area contributed by atoms with Gasteiger partial charge in [-0.2, -0.15) is 8.42 Å². The van der Waals surface area contributed by atoms with E-state index in [9.17, 15) is 13.2 Å². The van der Waals surface area contributed by atoms with E-state index in [0.717, 1.165) is 0 Å². The lowest BCUT2D eigenvalue weighted by Crippen LogP contribution is -2.21. The average Bonchev–Trinajstić information content (AvgIpc) is 1.99. The Morgan fingerprint density at radius 1 is 1.47 bits per heavy atom. The van der Waals surface area contributed by atoms with Crippen LogP contribution in [-0.4, -0.2) is 19.5 Å². The van der Waals surface area contributed by atoms with Crippen LogP contribution < -0.4 is 9.86 Å². The molecule has 1 aromatic carbocycles. The molecular weight excluding hydrogens is 220 g/mol. The highest BCUT2D eigenvalue weighted by molar-refractivity contribution is 7.90. The van der Waals surface area contributed by atoms with E-state index >= 15 is 0 Å². The summed E-state index contributed by atoms with van der Waals surface area (Å²) in [7, 11) is -3.82. The second-order valence-electron chi connectivity index (χ2n) is 2.92. The maximum Gasteiger partial charge on any atom is 0.307 e. The molecule has 0 aliphatic rings. The molecule has 0 amide bonds. The lowest BCUT2D eigenvalue weighted by molar-refractivity contribution is -0.136. The second-order valence-corrected chi connectivity index (χ2v) is 4.21. The van der Waals surface area contributed by atoms with Gasteiger partial charge in [-0.05, 0) is 17.7 Å². The summed E-state index contributed by atoms with van der Waals surface area (Å²) >= 11 is 0. The highest BCUT2D eigenvalue weighted by Gasteiger charge is 2.04. The van der Waals surface area contributed by atoms with Crippen molar-refractivity contribution in [1.29, 1.82) is 0 Å². The number of hydrogen-bond acceptors (Lipinski definition) is 3. The lowest BCUT2D eigenvalue weighted by Gasteiger charge is -2.04. The molecule has 0 saturated carbocycles. The quantitative estimate of drug-likeness (QED) is 0.672. The highest BCUT2D eigenvalue weighted by atomic mass is 32.2. The Hall–Kier alpha value is -1.60. The van der Waals surface area contributed by atoms with Crippen molar-refractivity contribution in [3.05, 3.63) is 29.8 Å². The van der Waals surface area contributed by atoms with Gasteiger partial charge in [0.05, 0.1) is 12.1 Å². The van der Waals surface area contributed by atoms with E-state index in [0.29, 0.717) is 5.56 Å². The van der Waals surface area contributed by atoms with E-state index in [-0.39, 0.29) is 12.1 Å². The number of carboxylic acids is 1. The molecule has 0 spiro atoms. The Balaban J connectivity index is 2.88. The van der Waals surface area contributed by atoms with E-state index < -0.39 is 16.2 Å². The molecule has 0 atom stereocenters. The highest BCUT2D eigenvalue weighted by Crippen LogP contribution is 2.11. The van der Waals surface area contributed by atoms with Crippen molar-refractivity contribution in [3.63, 3.8) is 0 Å². The van der Waals surface area contributed by atoms with Gasteiger partial charge in [-0.3, -0.25) is 9.52 Å². The molecule has 4 N–H and O–H groups in total. The van der Waals surface area contributed by atoms with Crippen LogP contribution in [0.3, 0.4) is 0 Å². The summed E-state index contributed by atoms with van der Waals surface area (Å²) in [6, 6.07) is 6.03. The topological polar surface area (TPSA) is 109 Å². The molecule has 0 saturated heterocycles. The van der Waals surface area contributed by atoms with Crippen LogP contribution in [0.5, 0.6) is 0 Å². The van der Waals surface area contributed by atoms with Gasteiger partial charge in [0.25, 0.3) is 10.2 Å². The summed E-state index contributed by atoms with van der Waals surface area (Å²) < 4.78 is 23.4. The third-order valence-corrected chi connectivity index (χ3v) is 2.06. The molecule has 0 heterocycles. The SMILES string of the molecule is NS(=O)(=O)Nc1cccc(CC(=O)O)c1. The van der Waals surface area contributed by atoms with E-state index in [2.05, 4.69) is 4.72 Å². The normalized spacial score (nSPS) is 11.0. The second kappa shape index (κ2) is 4.28. The number of carboxylic acid groups (broad SMARTS) is 1. The first-order chi connectivity index (χ1) is 6.87. The molecule has 0 radical (unpaired) electrons. The van der Waals surface area contributed by atoms with Crippen LogP contribution in [0.2, 0.25) is 0 Å². The van der Waals surface area contributed by atoms with Gasteiger partial charge in [0, 0.05) is 0 Å². The molecule has 0 aliphatic carbocycles. The zero-order valence-electron chi connectivity index (χ0n) is 7.67. The van der Waals surface area contributed by atoms with Gasteiger partial charge in [0.15, 0.2) is 0 Å². The maximum atomic E-state index is 10.7. The summed E-state index contributed by atoms with van der Waals surface area (Å²) in [4.78, 5) is 10.4. The molecule has 1 aromatic rings. The molecule has 0 aliphatic heterocycles. The van der Waals surface area contributed by atoms with Crippen LogP contribution in [-0.2, 0) is 21.4 Å². The van der Waals surface area contributed by atoms with Gasteiger partial charge in [0.1, 0.15) is 0 Å². The van der Waals surface area contributed by atoms with Crippen molar-refractivity contribution in [2.75, 3.05) is 4.72 Å². The fourth-order valence-electron chi connectivity index (χ4n) is 1.08. The zero-order chi connectivity index (χ0) is 11.5. The first-order valence-electron chi connectivity index (χ1n) is 3.98. The van der Waals surface area contributed by atoms with Gasteiger partial charge in [-0.1, -0.05) is 12.1 Å². The van der Waals surface area contributed by atoms with Crippen molar-refractivity contribution >= 4 is 21.9 Å². The minimum absolute atomic E-state index is 0.167. The predicted molar refractivity (Wildman–Crippen MR) is 54.5 cm³/mol. The number of rotatable bonds is 4. The van der Waals surface area contributed by atoms with Crippen LogP contribution in [0.4, 0.5) is 5.69 Å².